The second-order valence-electron chi connectivity index (χ2n) is 25.4. The van der Waals surface area contributed by atoms with Gasteiger partial charge in [-0.1, -0.05) is 63.5 Å². The summed E-state index contributed by atoms with van der Waals surface area (Å²) >= 11 is 7.25. The van der Waals surface area contributed by atoms with Crippen molar-refractivity contribution in [3.8, 4) is 60.3 Å². The van der Waals surface area contributed by atoms with Gasteiger partial charge < -0.3 is 13.3 Å². The minimum atomic E-state index is -2.32. The molecule has 25 heteroatoms. The van der Waals surface area contributed by atoms with E-state index in [0.29, 0.717) is 34.7 Å². The Balaban J connectivity index is 0.0000000830. The summed E-state index contributed by atoms with van der Waals surface area (Å²) in [5.41, 5.74) is 26.6. The van der Waals surface area contributed by atoms with Crippen LogP contribution >= 0.6 is 45.3 Å². The quantitative estimate of drug-likeness (QED) is 0.141. The Hall–Kier alpha value is -12.6. The third-order valence-electron chi connectivity index (χ3n) is 19.8. The number of thiazole rings is 3. The molecule has 0 N–H and O–H groups in total. The average Bonchev–Trinajstić information content (AvgIpc) is 1.58. The number of rotatable bonds is 1. The highest BCUT2D eigenvalue weighted by molar-refractivity contribution is 7.32. The first-order chi connectivity index (χ1) is 52.1. The molecule has 103 heavy (non-hydrogen) atoms. The Labute approximate surface area is 601 Å². The third kappa shape index (κ3) is 8.64. The number of furan rings is 1. The number of nitrogens with zero attached hydrogens (tertiary/aromatic N) is 18. The number of oxazole rings is 2. The zero-order chi connectivity index (χ0) is 70.2. The van der Waals surface area contributed by atoms with Gasteiger partial charge in [0.05, 0.1) is 50.7 Å². The van der Waals surface area contributed by atoms with Crippen molar-refractivity contribution in [2.24, 2.45) is 14.0 Å². The molecule has 490 valence electrons. The monoisotopic (exact) mass is 1420 g/mol. The van der Waals surface area contributed by atoms with Crippen LogP contribution in [0.15, 0.2) is 228 Å². The van der Waals surface area contributed by atoms with Crippen LogP contribution < -0.4 is 22.8 Å². The van der Waals surface area contributed by atoms with Crippen LogP contribution in [0.5, 0.6) is 0 Å². The minimum Gasteiger partial charge on any atom is -0.411 e. The number of aryl methyl sites for hydroxylation is 2. The molecule has 21 aromatic rings. The van der Waals surface area contributed by atoms with E-state index in [1.165, 1.54) is 83.1 Å². The zero-order valence-electron chi connectivity index (χ0n) is 57.2. The van der Waals surface area contributed by atoms with Crippen LogP contribution in [0.3, 0.4) is 0 Å². The highest BCUT2D eigenvalue weighted by Crippen LogP contribution is 2.45. The van der Waals surface area contributed by atoms with E-state index >= 15 is 0 Å². The van der Waals surface area contributed by atoms with Crippen molar-refractivity contribution in [1.82, 2.24) is 63.5 Å². The lowest BCUT2D eigenvalue weighted by Crippen LogP contribution is -2.32. The number of thiophene rings is 1. The first-order valence-electron chi connectivity index (χ1n) is 34.7. The molecule has 0 aliphatic carbocycles. The number of fused-ring (bicyclic) bond motifs is 35. The van der Waals surface area contributed by atoms with Crippen molar-refractivity contribution in [3.05, 3.63) is 242 Å². The van der Waals surface area contributed by atoms with Crippen molar-refractivity contribution < 1.29 is 40.2 Å². The third-order valence-corrected chi connectivity index (χ3v) is 24.7. The average molecular weight is 1420 g/mol. The molecule has 26 rings (SSSR count). The summed E-state index contributed by atoms with van der Waals surface area (Å²) in [4.78, 5) is 44.8. The van der Waals surface area contributed by atoms with Crippen molar-refractivity contribution in [3.63, 3.8) is 0 Å². The topological polar surface area (TPSA) is 203 Å². The van der Waals surface area contributed by atoms with Gasteiger partial charge in [-0.15, -0.1) is 4.57 Å². The fourth-order valence-electron chi connectivity index (χ4n) is 15.2. The molecule has 1 aromatic carbocycles. The summed E-state index contributed by atoms with van der Waals surface area (Å²) in [6.45, 7) is 1.65. The van der Waals surface area contributed by atoms with Crippen molar-refractivity contribution >= 4 is 153 Å². The van der Waals surface area contributed by atoms with Gasteiger partial charge in [-0.3, -0.25) is 39.9 Å². The molecule has 0 fully saturated rings. The lowest BCUT2D eigenvalue weighted by Gasteiger charge is -2.00. The maximum absolute atomic E-state index is 7.92. The molecule has 25 heterocycles. The number of hydrogen-bond acceptors (Lipinski definition) is 17. The van der Waals surface area contributed by atoms with E-state index in [2.05, 4.69) is 151 Å². The molecule has 21 nitrogen and oxygen atoms in total. The smallest absolute Gasteiger partial charge is 0.395 e. The van der Waals surface area contributed by atoms with E-state index < -0.39 is 6.98 Å². The van der Waals surface area contributed by atoms with Crippen molar-refractivity contribution in [2.45, 2.75) is 32.7 Å². The fraction of sp³-hybridized carbons (Fsp3) is 0.0897. The second-order valence-corrected chi connectivity index (χ2v) is 29.5. The zero-order valence-corrected chi connectivity index (χ0v) is 57.4. The highest BCUT2D eigenvalue weighted by Gasteiger charge is 2.40. The Morgan fingerprint density at radius 3 is 1.47 bits per heavy atom. The van der Waals surface area contributed by atoms with E-state index in [-0.39, 0.29) is 0 Å². The molecular weight excluding hydrogens is 1370 g/mol. The molecule has 20 aromatic heterocycles. The Morgan fingerprint density at radius 2 is 0.845 bits per heavy atom. The Bertz CT molecular complexity index is 7100. The molecule has 0 bridgehead atoms. The van der Waals surface area contributed by atoms with Gasteiger partial charge in [0.25, 0.3) is 37.8 Å². The van der Waals surface area contributed by atoms with Gasteiger partial charge in [-0.05, 0) is 103 Å². The lowest BCUT2D eigenvalue weighted by atomic mass is 10.2. The van der Waals surface area contributed by atoms with E-state index in [1.54, 1.807) is 54.5 Å². The summed E-state index contributed by atoms with van der Waals surface area (Å²) in [5.74, 6) is 1.55. The van der Waals surface area contributed by atoms with Crippen LogP contribution in [0.25, 0.3) is 167 Å². The molecule has 0 amide bonds. The molecule has 0 unspecified atom stereocenters. The maximum atomic E-state index is 7.92. The van der Waals surface area contributed by atoms with Crippen LogP contribution in [0.4, 0.5) is 0 Å². The number of benzene rings is 1. The first kappa shape index (κ1) is 55.3. The standard InChI is InChI=1S/C20H13N4S.2C15H11N4O.C14H8N3OS.C14H8N3S2/c1-2-5-14(6-3-1)24-16-7-4-9-22-17(16)18-19(24)23-12-13-11-21-10-8-15(13)20(23)25-18;2*1-18-11-3-2-5-17-12(11)13-14(18)19-8-9-7-16-6-4-10(9)15(19)20-13;1-2-10-11(16-4-1)12-13(18-10)17-7-8-6-15-5-3-9(8)14(17)19-12;1-2-10-11(16-4-1)12-14(18-10)17-7-8-6-15-5-3-9(8)13(17)19-12/h1-11H,12H2;2*2-7H,8H2,1H3;2*1-6H,7H2/q5*+1/i;1D3;;;. The van der Waals surface area contributed by atoms with Gasteiger partial charge in [0.1, 0.15) is 46.6 Å². The summed E-state index contributed by atoms with van der Waals surface area (Å²) in [6.07, 6.45) is 27.7. The highest BCUT2D eigenvalue weighted by atomic mass is 32.1. The fourth-order valence-corrected chi connectivity index (χ4v) is 20.4. The molecule has 0 saturated carbocycles. The maximum Gasteiger partial charge on any atom is 0.395 e. The van der Waals surface area contributed by atoms with Gasteiger partial charge in [0.2, 0.25) is 0 Å². The van der Waals surface area contributed by atoms with Gasteiger partial charge in [0, 0.05) is 121 Å². The largest absolute Gasteiger partial charge is 0.411 e. The summed E-state index contributed by atoms with van der Waals surface area (Å²) in [5, 5.41) is 3.87. The molecule has 0 radical (unpaired) electrons. The summed E-state index contributed by atoms with van der Waals surface area (Å²) < 4.78 is 63.7. The van der Waals surface area contributed by atoms with Gasteiger partial charge in [-0.2, -0.15) is 18.3 Å². The minimum absolute atomic E-state index is 0.509. The van der Waals surface area contributed by atoms with E-state index in [0.717, 1.165) is 115 Å². The van der Waals surface area contributed by atoms with Gasteiger partial charge in [0.15, 0.2) is 60.7 Å². The Kier molecular flexibility index (Phi) is 12.1. The first-order valence-corrected chi connectivity index (χ1v) is 36.4. The van der Waals surface area contributed by atoms with Crippen LogP contribution in [0.1, 0.15) is 31.9 Å². The van der Waals surface area contributed by atoms with E-state index in [4.69, 9.17) is 17.4 Å². The molecule has 0 spiro atoms. The SMILES string of the molecule is Cn1c2cccnc2c2oc3[n+](c21)Cc1cnccc1-3.[2H]C([2H])([2H])n1c2cccnc2c2oc3[n+](c21)Cc1cnccc1-3.c1ccc(-n2c3cccnc3c3sc4[n+](c32)Cc2cnccc2-4)cc1.c1cnc2c(c1)oc1c2sc2[n+]1Cc1cnccc1-2.c1cnc2c(c1)sc1c2sc2[n+]1Cc1cnccc1-2. The van der Waals surface area contributed by atoms with Crippen LogP contribution in [0.2, 0.25) is 0 Å². The van der Waals surface area contributed by atoms with Crippen molar-refractivity contribution in [2.75, 3.05) is 0 Å². The molecule has 0 atom stereocenters. The Morgan fingerprint density at radius 1 is 0.379 bits per heavy atom. The summed E-state index contributed by atoms with van der Waals surface area (Å²) in [6, 6.07) is 40.4. The van der Waals surface area contributed by atoms with Gasteiger partial charge in [-0.25, -0.2) is 23.7 Å². The molecule has 5 aliphatic heterocycles. The number of hydrogen-bond donors (Lipinski definition) is 0. The molecule has 5 aliphatic rings. The molecular formula is C78H51N18O3S4+5. The number of para-hydroxylation sites is 1. The molecule has 0 saturated heterocycles. The predicted octanol–water partition coefficient (Wildman–Crippen LogP) is 14.0. The van der Waals surface area contributed by atoms with E-state index in [1.807, 2.05) is 143 Å². The lowest BCUT2D eigenvalue weighted by molar-refractivity contribution is -0.652. The van der Waals surface area contributed by atoms with Crippen LogP contribution in [0, 0.1) is 0 Å². The number of pyridine rings is 10. The normalized spacial score (nSPS) is 13.5. The van der Waals surface area contributed by atoms with Crippen LogP contribution in [-0.2, 0) is 46.7 Å². The second kappa shape index (κ2) is 22.5. The van der Waals surface area contributed by atoms with Crippen molar-refractivity contribution in [1.29, 1.82) is 0 Å². The van der Waals surface area contributed by atoms with Crippen LogP contribution in [-0.4, -0.2) is 63.5 Å². The van der Waals surface area contributed by atoms with E-state index in [9.17, 15) is 0 Å². The van der Waals surface area contributed by atoms with Gasteiger partial charge >= 0.3 is 22.7 Å². The summed E-state index contributed by atoms with van der Waals surface area (Å²) in [7, 11) is 2.05. The predicted molar refractivity (Wildman–Crippen MR) is 394 cm³/mol. The number of aromatic nitrogens is 18.